The predicted octanol–water partition coefficient (Wildman–Crippen LogP) is 1.47. The van der Waals surface area contributed by atoms with Crippen molar-refractivity contribution < 1.29 is 14.6 Å². The van der Waals surface area contributed by atoms with Crippen LogP contribution < -0.4 is 15.0 Å². The minimum Gasteiger partial charge on any atom is -0.497 e. The number of nitrogens with zero attached hydrogens (tertiary/aromatic N) is 1. The number of aromatic hydroxyl groups is 1. The monoisotopic (exact) mass is 262 g/mol. The van der Waals surface area contributed by atoms with Crippen LogP contribution in [0.15, 0.2) is 23.0 Å². The number of methoxy groups -OCH3 is 2. The maximum Gasteiger partial charge on any atom is 0.257 e. The first-order valence-electron chi connectivity index (χ1n) is 5.58. The van der Waals surface area contributed by atoms with Crippen molar-refractivity contribution in [3.8, 4) is 28.8 Å². The summed E-state index contributed by atoms with van der Waals surface area (Å²) in [6.07, 6.45) is 0. The van der Waals surface area contributed by atoms with Crippen LogP contribution in [0.5, 0.6) is 17.4 Å². The van der Waals surface area contributed by atoms with Gasteiger partial charge < -0.3 is 19.6 Å². The third kappa shape index (κ3) is 2.52. The zero-order valence-electron chi connectivity index (χ0n) is 10.9. The fourth-order valence-corrected chi connectivity index (χ4v) is 1.60. The van der Waals surface area contributed by atoms with Gasteiger partial charge in [-0.1, -0.05) is 0 Å². The quantitative estimate of drug-likeness (QED) is 0.875. The molecule has 0 spiro atoms. The molecule has 0 aliphatic heterocycles. The zero-order chi connectivity index (χ0) is 14.0. The Morgan fingerprint density at radius 3 is 2.21 bits per heavy atom. The number of rotatable bonds is 3. The SMILES string of the molecule is COc1cc(OC)cc(-c2nc(O)c(C)c(=O)[nH]2)c1. The minimum atomic E-state index is -0.385. The van der Waals surface area contributed by atoms with Crippen molar-refractivity contribution in [3.05, 3.63) is 34.1 Å². The predicted molar refractivity (Wildman–Crippen MR) is 69.8 cm³/mol. The first kappa shape index (κ1) is 12.9. The molecular weight excluding hydrogens is 248 g/mol. The third-order valence-corrected chi connectivity index (χ3v) is 2.75. The summed E-state index contributed by atoms with van der Waals surface area (Å²) in [6.45, 7) is 1.50. The van der Waals surface area contributed by atoms with Gasteiger partial charge >= 0.3 is 0 Å². The summed E-state index contributed by atoms with van der Waals surface area (Å²) in [7, 11) is 3.06. The molecule has 2 aromatic rings. The molecule has 1 aromatic heterocycles. The topological polar surface area (TPSA) is 84.4 Å². The lowest BCUT2D eigenvalue weighted by atomic mass is 10.2. The second kappa shape index (κ2) is 5.01. The molecule has 0 aliphatic carbocycles. The molecule has 0 fully saturated rings. The molecule has 6 heteroatoms. The van der Waals surface area contributed by atoms with Crippen LogP contribution in [-0.2, 0) is 0 Å². The van der Waals surface area contributed by atoms with E-state index in [0.717, 1.165) is 0 Å². The molecule has 0 saturated carbocycles. The number of hydrogen-bond acceptors (Lipinski definition) is 5. The first-order valence-corrected chi connectivity index (χ1v) is 5.58. The number of ether oxygens (including phenoxy) is 2. The molecule has 0 amide bonds. The Morgan fingerprint density at radius 1 is 1.16 bits per heavy atom. The lowest BCUT2D eigenvalue weighted by Gasteiger charge is -2.08. The van der Waals surface area contributed by atoms with Crippen LogP contribution in [0.4, 0.5) is 0 Å². The summed E-state index contributed by atoms with van der Waals surface area (Å²) in [5.74, 6) is 1.10. The van der Waals surface area contributed by atoms with E-state index < -0.39 is 0 Å². The van der Waals surface area contributed by atoms with Crippen LogP contribution in [0.2, 0.25) is 0 Å². The number of benzene rings is 1. The van der Waals surface area contributed by atoms with Crippen LogP contribution in [0, 0.1) is 6.92 Å². The first-order chi connectivity index (χ1) is 9.05. The summed E-state index contributed by atoms with van der Waals surface area (Å²) in [5, 5.41) is 9.60. The number of hydrogen-bond donors (Lipinski definition) is 2. The molecule has 2 N–H and O–H groups in total. The van der Waals surface area contributed by atoms with E-state index in [1.807, 2.05) is 0 Å². The molecule has 6 nitrogen and oxygen atoms in total. The molecular formula is C13H14N2O4. The fourth-order valence-electron chi connectivity index (χ4n) is 1.60. The van der Waals surface area contributed by atoms with Gasteiger partial charge in [-0.05, 0) is 19.1 Å². The van der Waals surface area contributed by atoms with Gasteiger partial charge in [0.2, 0.25) is 5.88 Å². The summed E-state index contributed by atoms with van der Waals surface area (Å²) in [4.78, 5) is 18.2. The Morgan fingerprint density at radius 2 is 1.74 bits per heavy atom. The van der Waals surface area contributed by atoms with E-state index in [2.05, 4.69) is 9.97 Å². The molecule has 19 heavy (non-hydrogen) atoms. The van der Waals surface area contributed by atoms with Gasteiger partial charge in [-0.2, -0.15) is 4.98 Å². The number of aromatic amines is 1. The van der Waals surface area contributed by atoms with Crippen molar-refractivity contribution in [2.45, 2.75) is 6.92 Å². The summed E-state index contributed by atoms with van der Waals surface area (Å²) >= 11 is 0. The second-order valence-corrected chi connectivity index (χ2v) is 3.96. The molecule has 0 bridgehead atoms. The van der Waals surface area contributed by atoms with Crippen molar-refractivity contribution in [3.63, 3.8) is 0 Å². The molecule has 0 atom stereocenters. The highest BCUT2D eigenvalue weighted by Crippen LogP contribution is 2.28. The van der Waals surface area contributed by atoms with Gasteiger partial charge in [0, 0.05) is 11.6 Å². The molecule has 0 unspecified atom stereocenters. The van der Waals surface area contributed by atoms with E-state index in [-0.39, 0.29) is 22.8 Å². The van der Waals surface area contributed by atoms with Crippen LogP contribution in [0.25, 0.3) is 11.4 Å². The van der Waals surface area contributed by atoms with Gasteiger partial charge in [0.15, 0.2) is 0 Å². The van der Waals surface area contributed by atoms with Crippen molar-refractivity contribution >= 4 is 0 Å². The fraction of sp³-hybridized carbons (Fsp3) is 0.231. The van der Waals surface area contributed by atoms with Crippen molar-refractivity contribution in [2.24, 2.45) is 0 Å². The standard InChI is InChI=1S/C13H14N2O4/c1-7-12(16)14-11(15-13(7)17)8-4-9(18-2)6-10(5-8)19-3/h4-6H,1-3H3,(H2,14,15,16,17). The maximum atomic E-state index is 11.6. The van der Waals surface area contributed by atoms with Gasteiger partial charge in [-0.15, -0.1) is 0 Å². The zero-order valence-corrected chi connectivity index (χ0v) is 10.9. The molecule has 0 saturated heterocycles. The Labute approximate surface area is 109 Å². The lowest BCUT2D eigenvalue weighted by molar-refractivity contribution is 0.394. The highest BCUT2D eigenvalue weighted by atomic mass is 16.5. The van der Waals surface area contributed by atoms with E-state index in [0.29, 0.717) is 17.1 Å². The van der Waals surface area contributed by atoms with E-state index in [9.17, 15) is 9.90 Å². The Balaban J connectivity index is 2.61. The van der Waals surface area contributed by atoms with E-state index >= 15 is 0 Å². The van der Waals surface area contributed by atoms with E-state index in [1.165, 1.54) is 21.1 Å². The average Bonchev–Trinajstić information content (AvgIpc) is 2.43. The second-order valence-electron chi connectivity index (χ2n) is 3.96. The summed E-state index contributed by atoms with van der Waals surface area (Å²) < 4.78 is 10.3. The molecule has 100 valence electrons. The Kier molecular flexibility index (Phi) is 3.41. The highest BCUT2D eigenvalue weighted by molar-refractivity contribution is 5.61. The largest absolute Gasteiger partial charge is 0.497 e. The van der Waals surface area contributed by atoms with Gasteiger partial charge in [0.05, 0.1) is 19.8 Å². The lowest BCUT2D eigenvalue weighted by Crippen LogP contribution is -2.12. The molecule has 0 radical (unpaired) electrons. The Bertz CT molecular complexity index is 642. The van der Waals surface area contributed by atoms with Crippen LogP contribution in [-0.4, -0.2) is 29.3 Å². The Hall–Kier alpha value is -2.50. The van der Waals surface area contributed by atoms with Crippen molar-refractivity contribution in [1.82, 2.24) is 9.97 Å². The minimum absolute atomic E-state index is 0.179. The van der Waals surface area contributed by atoms with Crippen LogP contribution >= 0.6 is 0 Å². The maximum absolute atomic E-state index is 11.6. The summed E-state index contributed by atoms with van der Waals surface area (Å²) in [6, 6.07) is 5.08. The number of H-pyrrole nitrogens is 1. The highest BCUT2D eigenvalue weighted by Gasteiger charge is 2.10. The third-order valence-electron chi connectivity index (χ3n) is 2.75. The smallest absolute Gasteiger partial charge is 0.257 e. The van der Waals surface area contributed by atoms with Gasteiger partial charge in [-0.3, -0.25) is 4.79 Å². The van der Waals surface area contributed by atoms with Crippen molar-refractivity contribution in [1.29, 1.82) is 0 Å². The molecule has 1 aromatic carbocycles. The van der Waals surface area contributed by atoms with Gasteiger partial charge in [0.1, 0.15) is 17.3 Å². The van der Waals surface area contributed by atoms with Crippen molar-refractivity contribution in [2.75, 3.05) is 14.2 Å². The molecule has 1 heterocycles. The summed E-state index contributed by atoms with van der Waals surface area (Å²) in [5.41, 5.74) is 0.381. The molecule has 0 aliphatic rings. The van der Waals surface area contributed by atoms with Crippen LogP contribution in [0.3, 0.4) is 0 Å². The van der Waals surface area contributed by atoms with Gasteiger partial charge in [0.25, 0.3) is 5.56 Å². The van der Waals surface area contributed by atoms with E-state index in [4.69, 9.17) is 9.47 Å². The van der Waals surface area contributed by atoms with Gasteiger partial charge in [-0.25, -0.2) is 0 Å². The van der Waals surface area contributed by atoms with Crippen LogP contribution in [0.1, 0.15) is 5.56 Å². The average molecular weight is 262 g/mol. The normalized spacial score (nSPS) is 10.3. The van der Waals surface area contributed by atoms with E-state index in [1.54, 1.807) is 18.2 Å². The number of aromatic nitrogens is 2. The number of nitrogens with one attached hydrogen (secondary N) is 1. The molecule has 2 rings (SSSR count).